The van der Waals surface area contributed by atoms with Gasteiger partial charge in [-0.1, -0.05) is 153 Å². The Balaban J connectivity index is 3.91. The number of hydrogen-bond donors (Lipinski definition) is 3. The maximum atomic E-state index is 12.4. The minimum atomic E-state index is -4.64. The summed E-state index contributed by atoms with van der Waals surface area (Å²) in [6.07, 6.45) is 42.5. The van der Waals surface area contributed by atoms with E-state index in [-0.39, 0.29) is 12.8 Å². The minimum absolute atomic E-state index is 0.182. The molecule has 0 aliphatic carbocycles. The molecule has 0 amide bonds. The van der Waals surface area contributed by atoms with E-state index in [4.69, 9.17) is 18.5 Å². The number of rotatable bonds is 42. The van der Waals surface area contributed by atoms with Gasteiger partial charge in [0.15, 0.2) is 0 Å². The molecule has 0 radical (unpaired) electrons. The molecule has 328 valence electrons. The van der Waals surface area contributed by atoms with E-state index in [0.29, 0.717) is 12.8 Å². The Kier molecular flexibility index (Phi) is 40.0. The van der Waals surface area contributed by atoms with Crippen LogP contribution in [0, 0.1) is 0 Å². The van der Waals surface area contributed by atoms with Crippen molar-refractivity contribution in [2.24, 2.45) is 0 Å². The zero-order chi connectivity index (χ0) is 41.2. The van der Waals surface area contributed by atoms with Crippen molar-refractivity contribution < 1.29 is 47.8 Å². The summed E-state index contributed by atoms with van der Waals surface area (Å²) < 4.78 is 32.6. The molecule has 56 heavy (non-hydrogen) atoms. The predicted molar refractivity (Wildman–Crippen MR) is 228 cm³/mol. The van der Waals surface area contributed by atoms with Crippen LogP contribution in [-0.4, -0.2) is 65.7 Å². The average Bonchev–Trinajstić information content (AvgIpc) is 3.19. The molecule has 0 aliphatic heterocycles. The maximum Gasteiger partial charge on any atom is 0.472 e. The lowest BCUT2D eigenvalue weighted by molar-refractivity contribution is -0.153. The summed E-state index contributed by atoms with van der Waals surface area (Å²) in [6, 6.07) is 0. The first-order valence-electron chi connectivity index (χ1n) is 22.4. The van der Waals surface area contributed by atoms with Crippen molar-refractivity contribution in [1.82, 2.24) is 0 Å². The number of unbranched alkanes of at least 4 members (excludes halogenated alkanes) is 22. The third-order valence-corrected chi connectivity index (χ3v) is 10.5. The number of carbonyl (C=O) groups is 2. The van der Waals surface area contributed by atoms with Gasteiger partial charge in [-0.25, -0.2) is 4.57 Å². The molecular formula is C45H83O10P. The number of phosphoric ester groups is 1. The summed E-state index contributed by atoms with van der Waals surface area (Å²) in [5, 5.41) is 19.2. The van der Waals surface area contributed by atoms with Gasteiger partial charge in [-0.2, -0.15) is 0 Å². The van der Waals surface area contributed by atoms with Gasteiger partial charge in [-0.15, -0.1) is 0 Å². The van der Waals surface area contributed by atoms with Crippen LogP contribution in [0.5, 0.6) is 0 Å². The number of ether oxygens (including phenoxy) is 2. The molecule has 3 atom stereocenters. The second kappa shape index (κ2) is 41.4. The van der Waals surface area contributed by atoms with Gasteiger partial charge < -0.3 is 24.6 Å². The van der Waals surface area contributed by atoms with Crippen LogP contribution in [0.4, 0.5) is 0 Å². The van der Waals surface area contributed by atoms with E-state index >= 15 is 0 Å². The SMILES string of the molecule is CCCCC/C=C\C/C=C\CCCCCCCCCCCC(=O)OC(CO)COP(=O)(O)OCC(CO)OC(=O)CCCCCCC/C=C\CCCCCCC. The highest BCUT2D eigenvalue weighted by molar-refractivity contribution is 7.47. The Morgan fingerprint density at radius 1 is 0.482 bits per heavy atom. The molecule has 3 unspecified atom stereocenters. The quantitative estimate of drug-likeness (QED) is 0.0235. The van der Waals surface area contributed by atoms with E-state index in [9.17, 15) is 29.3 Å². The van der Waals surface area contributed by atoms with E-state index in [0.717, 1.165) is 70.6 Å². The van der Waals surface area contributed by atoms with Crippen molar-refractivity contribution in [1.29, 1.82) is 0 Å². The second-order valence-corrected chi connectivity index (χ2v) is 16.5. The fourth-order valence-electron chi connectivity index (χ4n) is 6.08. The molecule has 0 saturated heterocycles. The molecule has 0 aromatic heterocycles. The maximum absolute atomic E-state index is 12.4. The first-order valence-corrected chi connectivity index (χ1v) is 23.9. The summed E-state index contributed by atoms with van der Waals surface area (Å²) in [6.45, 7) is 2.17. The van der Waals surface area contributed by atoms with Crippen LogP contribution in [0.1, 0.15) is 200 Å². The van der Waals surface area contributed by atoms with Gasteiger partial charge in [-0.05, 0) is 70.6 Å². The fraction of sp³-hybridized carbons (Fsp3) is 0.822. The summed E-state index contributed by atoms with van der Waals surface area (Å²) in [7, 11) is -4.64. The molecular weight excluding hydrogens is 731 g/mol. The first-order chi connectivity index (χ1) is 27.3. The van der Waals surface area contributed by atoms with Crippen LogP contribution in [0.3, 0.4) is 0 Å². The lowest BCUT2D eigenvalue weighted by Crippen LogP contribution is -2.28. The molecule has 0 rings (SSSR count). The number of esters is 2. The zero-order valence-electron chi connectivity index (χ0n) is 35.6. The van der Waals surface area contributed by atoms with E-state index < -0.39 is 58.4 Å². The van der Waals surface area contributed by atoms with Crippen molar-refractivity contribution in [3.05, 3.63) is 36.5 Å². The molecule has 0 bridgehead atoms. The summed E-state index contributed by atoms with van der Waals surface area (Å²) >= 11 is 0. The second-order valence-electron chi connectivity index (χ2n) is 15.0. The molecule has 0 fully saturated rings. The van der Waals surface area contributed by atoms with Gasteiger partial charge in [0.25, 0.3) is 0 Å². The normalized spacial score (nSPS) is 14.2. The highest BCUT2D eigenvalue weighted by atomic mass is 31.2. The number of allylic oxidation sites excluding steroid dienone is 6. The predicted octanol–water partition coefficient (Wildman–Crippen LogP) is 11.9. The van der Waals surface area contributed by atoms with Crippen LogP contribution < -0.4 is 0 Å². The van der Waals surface area contributed by atoms with E-state index in [1.165, 1.54) is 89.9 Å². The molecule has 0 heterocycles. The van der Waals surface area contributed by atoms with Gasteiger partial charge in [0, 0.05) is 12.8 Å². The highest BCUT2D eigenvalue weighted by Gasteiger charge is 2.27. The summed E-state index contributed by atoms with van der Waals surface area (Å²) in [5.74, 6) is -1.03. The van der Waals surface area contributed by atoms with Crippen molar-refractivity contribution in [2.75, 3.05) is 26.4 Å². The van der Waals surface area contributed by atoms with Gasteiger partial charge in [-0.3, -0.25) is 18.6 Å². The lowest BCUT2D eigenvalue weighted by Gasteiger charge is -2.20. The molecule has 0 saturated carbocycles. The van der Waals surface area contributed by atoms with E-state index in [1.54, 1.807) is 0 Å². The van der Waals surface area contributed by atoms with Crippen LogP contribution in [0.2, 0.25) is 0 Å². The van der Waals surface area contributed by atoms with E-state index in [1.807, 2.05) is 0 Å². The standard InChI is InChI=1S/C45H83O10P/c1-3-5-7-9-11-13-15-17-19-20-21-22-23-25-27-29-31-33-35-37-45(49)55-43(39-47)41-53-56(50,51)52-40-42(38-46)54-44(48)36-34-32-30-28-26-24-18-16-14-12-10-8-6-4-2/h11,13,16-19,42-43,46-47H,3-10,12,14-15,20-41H2,1-2H3,(H,50,51)/b13-11-,18-16-,19-17-. The van der Waals surface area contributed by atoms with Crippen LogP contribution in [0.25, 0.3) is 0 Å². The molecule has 0 aromatic carbocycles. The van der Waals surface area contributed by atoms with Gasteiger partial charge in [0.1, 0.15) is 12.2 Å². The third kappa shape index (κ3) is 39.0. The fourth-order valence-corrected chi connectivity index (χ4v) is 6.86. The van der Waals surface area contributed by atoms with Crippen molar-refractivity contribution in [3.8, 4) is 0 Å². The molecule has 3 N–H and O–H groups in total. The third-order valence-electron chi connectivity index (χ3n) is 9.57. The monoisotopic (exact) mass is 815 g/mol. The molecule has 0 aliphatic rings. The molecule has 11 heteroatoms. The Bertz CT molecular complexity index is 1030. The van der Waals surface area contributed by atoms with Crippen LogP contribution in [0.15, 0.2) is 36.5 Å². The van der Waals surface area contributed by atoms with Gasteiger partial charge >= 0.3 is 19.8 Å². The smallest absolute Gasteiger partial charge is 0.457 e. The Morgan fingerprint density at radius 2 is 0.786 bits per heavy atom. The molecule has 10 nitrogen and oxygen atoms in total. The van der Waals surface area contributed by atoms with E-state index in [2.05, 4.69) is 50.3 Å². The van der Waals surface area contributed by atoms with Crippen molar-refractivity contribution >= 4 is 19.8 Å². The molecule has 0 aromatic rings. The van der Waals surface area contributed by atoms with Crippen LogP contribution >= 0.6 is 7.82 Å². The number of carbonyl (C=O) groups excluding carboxylic acids is 2. The Labute approximate surface area is 341 Å². The molecule has 0 spiro atoms. The minimum Gasteiger partial charge on any atom is -0.457 e. The largest absolute Gasteiger partial charge is 0.472 e. The van der Waals surface area contributed by atoms with Crippen LogP contribution in [-0.2, 0) is 32.7 Å². The van der Waals surface area contributed by atoms with Gasteiger partial charge in [0.2, 0.25) is 0 Å². The zero-order valence-corrected chi connectivity index (χ0v) is 36.5. The summed E-state index contributed by atoms with van der Waals surface area (Å²) in [4.78, 5) is 34.5. The topological polar surface area (TPSA) is 149 Å². The van der Waals surface area contributed by atoms with Crippen molar-refractivity contribution in [3.63, 3.8) is 0 Å². The highest BCUT2D eigenvalue weighted by Crippen LogP contribution is 2.43. The lowest BCUT2D eigenvalue weighted by atomic mass is 10.1. The number of aliphatic hydroxyl groups excluding tert-OH is 2. The number of hydrogen-bond acceptors (Lipinski definition) is 9. The Hall–Kier alpha value is -1.81. The average molecular weight is 815 g/mol. The first kappa shape index (κ1) is 54.2. The van der Waals surface area contributed by atoms with Crippen molar-refractivity contribution in [2.45, 2.75) is 212 Å². The van der Waals surface area contributed by atoms with Gasteiger partial charge in [0.05, 0.1) is 26.4 Å². The number of aliphatic hydroxyl groups is 2. The Morgan fingerprint density at radius 3 is 1.16 bits per heavy atom. The summed E-state index contributed by atoms with van der Waals surface area (Å²) in [5.41, 5.74) is 0. The number of phosphoric acid groups is 1.